The molecule has 0 saturated carbocycles. The highest BCUT2D eigenvalue weighted by atomic mass is 16.6. The highest BCUT2D eigenvalue weighted by Gasteiger charge is 2.36. The van der Waals surface area contributed by atoms with E-state index in [-0.39, 0.29) is 31.9 Å². The maximum absolute atomic E-state index is 13.1. The van der Waals surface area contributed by atoms with Crippen molar-refractivity contribution in [2.45, 2.75) is 52.9 Å². The maximum Gasteiger partial charge on any atom is 0.410 e. The normalized spacial score (nSPS) is 12.8. The number of esters is 1. The van der Waals surface area contributed by atoms with Crippen molar-refractivity contribution >= 4 is 17.8 Å². The van der Waals surface area contributed by atoms with Gasteiger partial charge in [0, 0.05) is 19.0 Å². The minimum atomic E-state index is -0.763. The lowest BCUT2D eigenvalue weighted by atomic mass is 9.85. The standard InChI is InChI=1S/C28H35NO5/c1-6-13-24(26(31)34-28(3,4)5)25(21(2)30)19-29(18-22-14-9-7-10-15-22)27(32)33-20-23-16-11-8-12-17-23/h6-12,14-17,24-25H,1,13,18-20H2,2-5H3/t24-,25?/m0/s1. The molecule has 6 nitrogen and oxygen atoms in total. The third-order valence-corrected chi connectivity index (χ3v) is 5.23. The van der Waals surface area contributed by atoms with Crippen molar-refractivity contribution in [2.24, 2.45) is 11.8 Å². The molecule has 2 aromatic carbocycles. The second-order valence-corrected chi connectivity index (χ2v) is 9.29. The Morgan fingerprint density at radius 2 is 1.50 bits per heavy atom. The van der Waals surface area contributed by atoms with Gasteiger partial charge in [0.1, 0.15) is 18.0 Å². The largest absolute Gasteiger partial charge is 0.460 e. The van der Waals surface area contributed by atoms with Crippen molar-refractivity contribution in [2.75, 3.05) is 6.54 Å². The molecule has 0 N–H and O–H groups in total. The maximum atomic E-state index is 13.1. The lowest BCUT2D eigenvalue weighted by Gasteiger charge is -2.31. The fraction of sp³-hybridized carbons (Fsp3) is 0.393. The van der Waals surface area contributed by atoms with E-state index in [1.165, 1.54) is 11.8 Å². The van der Waals surface area contributed by atoms with E-state index in [4.69, 9.17) is 9.47 Å². The predicted molar refractivity (Wildman–Crippen MR) is 132 cm³/mol. The van der Waals surface area contributed by atoms with E-state index < -0.39 is 29.5 Å². The molecule has 0 aromatic heterocycles. The average molecular weight is 466 g/mol. The number of ketones is 1. The van der Waals surface area contributed by atoms with E-state index >= 15 is 0 Å². The molecule has 0 spiro atoms. The number of hydrogen-bond donors (Lipinski definition) is 0. The first kappa shape index (κ1) is 26.8. The zero-order chi connectivity index (χ0) is 25.1. The zero-order valence-electron chi connectivity index (χ0n) is 20.5. The number of allylic oxidation sites excluding steroid dienone is 1. The summed E-state index contributed by atoms with van der Waals surface area (Å²) in [5.74, 6) is -2.20. The molecule has 2 rings (SSSR count). The molecule has 0 aliphatic rings. The Hall–Kier alpha value is -3.41. The number of carbonyl (C=O) groups is 3. The van der Waals surface area contributed by atoms with Gasteiger partial charge in [-0.25, -0.2) is 4.79 Å². The number of nitrogens with zero attached hydrogens (tertiary/aromatic N) is 1. The molecule has 0 radical (unpaired) electrons. The van der Waals surface area contributed by atoms with Crippen LogP contribution in [-0.2, 0) is 32.2 Å². The van der Waals surface area contributed by atoms with Gasteiger partial charge in [0.15, 0.2) is 0 Å². The van der Waals surface area contributed by atoms with Crippen LogP contribution in [0.3, 0.4) is 0 Å². The lowest BCUT2D eigenvalue weighted by Crippen LogP contribution is -2.43. The fourth-order valence-electron chi connectivity index (χ4n) is 3.58. The summed E-state index contributed by atoms with van der Waals surface area (Å²) in [7, 11) is 0. The third-order valence-electron chi connectivity index (χ3n) is 5.23. The molecule has 0 bridgehead atoms. The van der Waals surface area contributed by atoms with Crippen LogP contribution in [0.15, 0.2) is 73.3 Å². The van der Waals surface area contributed by atoms with Gasteiger partial charge in [-0.1, -0.05) is 66.7 Å². The summed E-state index contributed by atoms with van der Waals surface area (Å²) in [4.78, 5) is 40.2. The van der Waals surface area contributed by atoms with Gasteiger partial charge in [-0.15, -0.1) is 6.58 Å². The number of benzene rings is 2. The van der Waals surface area contributed by atoms with Gasteiger partial charge in [0.05, 0.1) is 5.92 Å². The summed E-state index contributed by atoms with van der Waals surface area (Å²) < 4.78 is 11.1. The van der Waals surface area contributed by atoms with Crippen LogP contribution >= 0.6 is 0 Å². The van der Waals surface area contributed by atoms with Crippen LogP contribution in [0.1, 0.15) is 45.2 Å². The molecule has 1 unspecified atom stereocenters. The fourth-order valence-corrected chi connectivity index (χ4v) is 3.58. The van der Waals surface area contributed by atoms with Crippen molar-refractivity contribution in [1.29, 1.82) is 0 Å². The van der Waals surface area contributed by atoms with E-state index in [0.717, 1.165) is 11.1 Å². The Morgan fingerprint density at radius 3 is 2.00 bits per heavy atom. The Balaban J connectivity index is 2.27. The van der Waals surface area contributed by atoms with Gasteiger partial charge in [-0.2, -0.15) is 0 Å². The summed E-state index contributed by atoms with van der Waals surface area (Å²) in [6, 6.07) is 18.8. The van der Waals surface area contributed by atoms with Crippen LogP contribution in [0.2, 0.25) is 0 Å². The van der Waals surface area contributed by atoms with Gasteiger partial charge < -0.3 is 14.4 Å². The number of Topliss-reactive ketones (excluding diaryl/α,β-unsaturated/α-hetero) is 1. The first-order valence-corrected chi connectivity index (χ1v) is 11.4. The van der Waals surface area contributed by atoms with Gasteiger partial charge >= 0.3 is 12.1 Å². The third kappa shape index (κ3) is 8.85. The Kier molecular flexibility index (Phi) is 10.0. The average Bonchev–Trinajstić information content (AvgIpc) is 2.79. The Labute approximate surface area is 202 Å². The van der Waals surface area contributed by atoms with Crippen molar-refractivity contribution in [1.82, 2.24) is 4.90 Å². The van der Waals surface area contributed by atoms with Crippen LogP contribution in [0, 0.1) is 11.8 Å². The summed E-state index contributed by atoms with van der Waals surface area (Å²) in [6.07, 6.45) is 1.30. The predicted octanol–water partition coefficient (Wildman–Crippen LogP) is 5.56. The van der Waals surface area contributed by atoms with Crippen LogP contribution < -0.4 is 0 Å². The molecule has 0 aliphatic carbocycles. The second kappa shape index (κ2) is 12.7. The SMILES string of the molecule is C=CC[C@H](C(=O)OC(C)(C)C)C(CN(Cc1ccccc1)C(=O)OCc1ccccc1)C(C)=O. The molecule has 0 heterocycles. The summed E-state index contributed by atoms with van der Waals surface area (Å²) in [6.45, 7) is 10.9. The highest BCUT2D eigenvalue weighted by Crippen LogP contribution is 2.25. The molecule has 0 aliphatic heterocycles. The minimum Gasteiger partial charge on any atom is -0.460 e. The molecule has 2 aromatic rings. The molecule has 1 amide bonds. The molecule has 6 heteroatoms. The highest BCUT2D eigenvalue weighted by molar-refractivity contribution is 5.86. The lowest BCUT2D eigenvalue weighted by molar-refractivity contribution is -0.163. The van der Waals surface area contributed by atoms with Crippen molar-refractivity contribution in [3.05, 3.63) is 84.4 Å². The van der Waals surface area contributed by atoms with E-state index in [1.807, 2.05) is 60.7 Å². The van der Waals surface area contributed by atoms with Crippen molar-refractivity contribution < 1.29 is 23.9 Å². The van der Waals surface area contributed by atoms with Crippen LogP contribution in [0.5, 0.6) is 0 Å². The van der Waals surface area contributed by atoms with Gasteiger partial charge in [-0.3, -0.25) is 9.59 Å². The number of carbonyl (C=O) groups excluding carboxylic acids is 3. The zero-order valence-corrected chi connectivity index (χ0v) is 20.5. The smallest absolute Gasteiger partial charge is 0.410 e. The summed E-state index contributed by atoms with van der Waals surface area (Å²) >= 11 is 0. The summed E-state index contributed by atoms with van der Waals surface area (Å²) in [5.41, 5.74) is 1.05. The molecular formula is C28H35NO5. The molecule has 34 heavy (non-hydrogen) atoms. The van der Waals surface area contributed by atoms with Crippen LogP contribution in [0.25, 0.3) is 0 Å². The van der Waals surface area contributed by atoms with Crippen molar-refractivity contribution in [3.63, 3.8) is 0 Å². The number of rotatable bonds is 11. The molecule has 0 fully saturated rings. The van der Waals surface area contributed by atoms with Gasteiger partial charge in [0.25, 0.3) is 0 Å². The molecule has 182 valence electrons. The van der Waals surface area contributed by atoms with E-state index in [9.17, 15) is 14.4 Å². The Bertz CT molecular complexity index is 950. The molecular weight excluding hydrogens is 430 g/mol. The second-order valence-electron chi connectivity index (χ2n) is 9.29. The van der Waals surface area contributed by atoms with E-state index in [1.54, 1.807) is 26.8 Å². The van der Waals surface area contributed by atoms with Gasteiger partial charge in [-0.05, 0) is 45.2 Å². The van der Waals surface area contributed by atoms with Crippen molar-refractivity contribution in [3.8, 4) is 0 Å². The van der Waals surface area contributed by atoms with E-state index in [2.05, 4.69) is 6.58 Å². The monoisotopic (exact) mass is 465 g/mol. The van der Waals surface area contributed by atoms with Gasteiger partial charge in [0.2, 0.25) is 0 Å². The topological polar surface area (TPSA) is 72.9 Å². The first-order valence-electron chi connectivity index (χ1n) is 11.4. The summed E-state index contributed by atoms with van der Waals surface area (Å²) in [5, 5.41) is 0. The van der Waals surface area contributed by atoms with Crippen LogP contribution in [0.4, 0.5) is 4.79 Å². The minimum absolute atomic E-state index is 0.0234. The van der Waals surface area contributed by atoms with Crippen LogP contribution in [-0.4, -0.2) is 34.9 Å². The molecule has 2 atom stereocenters. The quantitative estimate of drug-likeness (QED) is 0.321. The first-order chi connectivity index (χ1) is 16.1. The number of hydrogen-bond acceptors (Lipinski definition) is 5. The number of ether oxygens (including phenoxy) is 2. The molecule has 0 saturated heterocycles. The van der Waals surface area contributed by atoms with E-state index in [0.29, 0.717) is 0 Å². The number of amides is 1. The Morgan fingerprint density at radius 1 is 0.941 bits per heavy atom.